The number of hydrogen-bond acceptors (Lipinski definition) is 6. The molecule has 0 aliphatic carbocycles. The van der Waals surface area contributed by atoms with Gasteiger partial charge in [-0.3, -0.25) is 4.98 Å². The summed E-state index contributed by atoms with van der Waals surface area (Å²) in [6, 6.07) is 8.47. The number of benzene rings is 1. The topological polar surface area (TPSA) is 99.5 Å². The first-order valence-corrected chi connectivity index (χ1v) is 9.86. The maximum Gasteiger partial charge on any atom is 0.407 e. The van der Waals surface area contributed by atoms with Gasteiger partial charge in [-0.25, -0.2) is 21.6 Å². The van der Waals surface area contributed by atoms with Crippen LogP contribution < -0.4 is 10.1 Å². The summed E-state index contributed by atoms with van der Waals surface area (Å²) >= 11 is 0. The van der Waals surface area contributed by atoms with Crippen LogP contribution in [0.4, 0.5) is 9.18 Å². The standard InChI is InChI=1S/C19H18FN3O5S/c1-21-19(24)28-12-13-9-16(18-15(20)6-3-7-17(18)27-2)23(11-13)29(25,26)14-5-4-8-22-10-14/h3-11H,12H2,1-2H3,(H,21,24). The lowest BCUT2D eigenvalue weighted by molar-refractivity contribution is 0.142. The average molecular weight is 419 g/mol. The summed E-state index contributed by atoms with van der Waals surface area (Å²) in [4.78, 5) is 15.1. The summed E-state index contributed by atoms with van der Waals surface area (Å²) in [5.41, 5.74) is 0.342. The molecular formula is C19H18FN3O5S. The van der Waals surface area contributed by atoms with E-state index >= 15 is 0 Å². The van der Waals surface area contributed by atoms with Crippen LogP contribution in [0.3, 0.4) is 0 Å². The molecule has 3 aromatic rings. The molecule has 0 unspecified atom stereocenters. The second-order valence-corrected chi connectivity index (χ2v) is 7.68. The molecule has 0 radical (unpaired) electrons. The van der Waals surface area contributed by atoms with Crippen molar-refractivity contribution in [3.8, 4) is 17.0 Å². The highest BCUT2D eigenvalue weighted by atomic mass is 32.2. The van der Waals surface area contributed by atoms with Crippen LogP contribution in [0.15, 0.2) is 59.9 Å². The molecular weight excluding hydrogens is 401 g/mol. The summed E-state index contributed by atoms with van der Waals surface area (Å²) in [5, 5.41) is 2.30. The van der Waals surface area contributed by atoms with Crippen molar-refractivity contribution < 1.29 is 27.1 Å². The van der Waals surface area contributed by atoms with Gasteiger partial charge < -0.3 is 14.8 Å². The molecule has 3 rings (SSSR count). The van der Waals surface area contributed by atoms with Crippen LogP contribution in [0.5, 0.6) is 5.75 Å². The van der Waals surface area contributed by atoms with Gasteiger partial charge in [0, 0.05) is 31.2 Å². The van der Waals surface area contributed by atoms with Gasteiger partial charge in [0.25, 0.3) is 10.0 Å². The van der Waals surface area contributed by atoms with Gasteiger partial charge in [0.15, 0.2) is 0 Å². The minimum atomic E-state index is -4.11. The Labute approximate surface area is 167 Å². The highest BCUT2D eigenvalue weighted by Crippen LogP contribution is 2.35. The Balaban J connectivity index is 2.20. The number of methoxy groups -OCH3 is 1. The van der Waals surface area contributed by atoms with Crippen LogP contribution in [0, 0.1) is 5.82 Å². The van der Waals surface area contributed by atoms with Crippen molar-refractivity contribution in [3.63, 3.8) is 0 Å². The monoisotopic (exact) mass is 419 g/mol. The molecule has 0 spiro atoms. The quantitative estimate of drug-likeness (QED) is 0.660. The minimum Gasteiger partial charge on any atom is -0.496 e. The second-order valence-electron chi connectivity index (χ2n) is 5.87. The summed E-state index contributed by atoms with van der Waals surface area (Å²) in [7, 11) is -1.35. The first-order valence-electron chi connectivity index (χ1n) is 8.42. The van der Waals surface area contributed by atoms with Crippen LogP contribution >= 0.6 is 0 Å². The van der Waals surface area contributed by atoms with Crippen LogP contribution in [-0.2, 0) is 21.4 Å². The molecule has 8 nitrogen and oxygen atoms in total. The Morgan fingerprint density at radius 2 is 2.07 bits per heavy atom. The zero-order chi connectivity index (χ0) is 21.0. The van der Waals surface area contributed by atoms with E-state index in [1.807, 2.05) is 0 Å². The maximum atomic E-state index is 14.7. The number of ether oxygens (including phenoxy) is 2. The largest absolute Gasteiger partial charge is 0.496 e. The lowest BCUT2D eigenvalue weighted by Gasteiger charge is -2.13. The van der Waals surface area contributed by atoms with Gasteiger partial charge in [0.1, 0.15) is 23.1 Å². The first-order chi connectivity index (χ1) is 13.9. The van der Waals surface area contributed by atoms with Crippen molar-refractivity contribution in [2.24, 2.45) is 0 Å². The van der Waals surface area contributed by atoms with E-state index in [0.29, 0.717) is 5.56 Å². The number of amides is 1. The Hall–Kier alpha value is -3.40. The normalized spacial score (nSPS) is 11.1. The summed E-state index contributed by atoms with van der Waals surface area (Å²) in [5.74, 6) is -0.506. The van der Waals surface area contributed by atoms with Crippen molar-refractivity contribution in [2.45, 2.75) is 11.5 Å². The number of carbonyl (C=O) groups excluding carboxylic acids is 1. The fourth-order valence-electron chi connectivity index (χ4n) is 2.71. The van der Waals surface area contributed by atoms with Gasteiger partial charge in [-0.05, 0) is 30.3 Å². The van der Waals surface area contributed by atoms with Crippen LogP contribution in [0.2, 0.25) is 0 Å². The molecule has 0 aliphatic rings. The number of alkyl carbamates (subject to hydrolysis) is 1. The summed E-state index contributed by atoms with van der Waals surface area (Å²) in [6.07, 6.45) is 3.22. The zero-order valence-electron chi connectivity index (χ0n) is 15.6. The van der Waals surface area contributed by atoms with Crippen molar-refractivity contribution in [2.75, 3.05) is 14.2 Å². The zero-order valence-corrected chi connectivity index (χ0v) is 16.4. The fourth-order valence-corrected chi connectivity index (χ4v) is 4.06. The molecule has 0 bridgehead atoms. The number of nitrogens with one attached hydrogen (secondary N) is 1. The molecule has 29 heavy (non-hydrogen) atoms. The van der Waals surface area contributed by atoms with Gasteiger partial charge in [-0.1, -0.05) is 6.07 Å². The number of halogens is 1. The summed E-state index contributed by atoms with van der Waals surface area (Å²) < 4.78 is 52.2. The van der Waals surface area contributed by atoms with Gasteiger partial charge in [-0.15, -0.1) is 0 Å². The Kier molecular flexibility index (Phi) is 5.83. The molecule has 2 heterocycles. The van der Waals surface area contributed by atoms with Crippen molar-refractivity contribution in [1.82, 2.24) is 14.3 Å². The third kappa shape index (κ3) is 4.06. The molecule has 1 aromatic carbocycles. The highest BCUT2D eigenvalue weighted by Gasteiger charge is 2.25. The Morgan fingerprint density at radius 3 is 2.72 bits per heavy atom. The predicted octanol–water partition coefficient (Wildman–Crippen LogP) is 2.79. The van der Waals surface area contributed by atoms with Gasteiger partial charge >= 0.3 is 6.09 Å². The van der Waals surface area contributed by atoms with E-state index in [4.69, 9.17) is 9.47 Å². The van der Waals surface area contributed by atoms with Crippen molar-refractivity contribution in [1.29, 1.82) is 0 Å². The van der Waals surface area contributed by atoms with Crippen molar-refractivity contribution in [3.05, 3.63) is 66.4 Å². The molecule has 0 saturated carbocycles. The molecule has 152 valence electrons. The van der Waals surface area contributed by atoms with Crippen molar-refractivity contribution >= 4 is 16.1 Å². The fraction of sp³-hybridized carbons (Fsp3) is 0.158. The second kappa shape index (κ2) is 8.31. The van der Waals surface area contributed by atoms with Crippen LogP contribution in [0.25, 0.3) is 11.3 Å². The summed E-state index contributed by atoms with van der Waals surface area (Å²) in [6.45, 7) is -0.209. The number of rotatable bonds is 6. The van der Waals surface area contributed by atoms with Crippen LogP contribution in [-0.4, -0.2) is 37.6 Å². The smallest absolute Gasteiger partial charge is 0.407 e. The van der Waals surface area contributed by atoms with Crippen LogP contribution in [0.1, 0.15) is 5.56 Å². The Morgan fingerprint density at radius 1 is 1.28 bits per heavy atom. The average Bonchev–Trinajstić information content (AvgIpc) is 3.17. The van der Waals surface area contributed by atoms with E-state index in [9.17, 15) is 17.6 Å². The number of nitrogens with zero attached hydrogens (tertiary/aromatic N) is 2. The molecule has 0 atom stereocenters. The number of pyridine rings is 1. The lowest BCUT2D eigenvalue weighted by atomic mass is 10.1. The van der Waals surface area contributed by atoms with E-state index in [2.05, 4.69) is 10.3 Å². The number of aromatic nitrogens is 2. The molecule has 10 heteroatoms. The van der Waals surface area contributed by atoms with E-state index in [-0.39, 0.29) is 28.5 Å². The number of carbonyl (C=O) groups is 1. The minimum absolute atomic E-state index is 0.0271. The highest BCUT2D eigenvalue weighted by molar-refractivity contribution is 7.90. The molecule has 1 N–H and O–H groups in total. The molecule has 0 aliphatic heterocycles. The molecule has 1 amide bonds. The van der Waals surface area contributed by atoms with Gasteiger partial charge in [0.05, 0.1) is 18.4 Å². The third-order valence-corrected chi connectivity index (χ3v) is 5.72. The maximum absolute atomic E-state index is 14.7. The molecule has 0 saturated heterocycles. The third-order valence-electron chi connectivity index (χ3n) is 4.06. The lowest BCUT2D eigenvalue weighted by Crippen LogP contribution is -2.18. The Bertz CT molecular complexity index is 1130. The van der Waals surface area contributed by atoms with E-state index in [1.54, 1.807) is 0 Å². The van der Waals surface area contributed by atoms with Gasteiger partial charge in [-0.2, -0.15) is 0 Å². The first kappa shape index (κ1) is 20.3. The predicted molar refractivity (Wildman–Crippen MR) is 102 cm³/mol. The number of hydrogen-bond donors (Lipinski definition) is 1. The van der Waals surface area contributed by atoms with E-state index < -0.39 is 21.9 Å². The molecule has 0 fully saturated rings. The van der Waals surface area contributed by atoms with Gasteiger partial charge in [0.2, 0.25) is 0 Å². The van der Waals surface area contributed by atoms with E-state index in [0.717, 1.165) is 3.97 Å². The SMILES string of the molecule is CNC(=O)OCc1cc(-c2c(F)cccc2OC)n(S(=O)(=O)c2cccnc2)c1. The van der Waals surface area contributed by atoms with E-state index in [1.165, 1.54) is 69.1 Å². The molecule has 2 aromatic heterocycles.